The van der Waals surface area contributed by atoms with Crippen molar-refractivity contribution in [2.45, 2.75) is 47.6 Å². The summed E-state index contributed by atoms with van der Waals surface area (Å²) in [5.41, 5.74) is 1.55. The molecule has 82 valence electrons. The molecule has 0 radical (unpaired) electrons. The molecule has 1 aliphatic rings. The minimum atomic E-state index is 0.672. The maximum atomic E-state index is 3.61. The lowest BCUT2D eigenvalue weighted by Crippen LogP contribution is -2.01. The lowest BCUT2D eigenvalue weighted by atomic mass is 10.1. The average molecular weight is 285 g/mol. The molecule has 0 spiro atoms. The van der Waals surface area contributed by atoms with Crippen LogP contribution in [0, 0.1) is 0 Å². The highest BCUT2D eigenvalue weighted by Crippen LogP contribution is 2.39. The van der Waals surface area contributed by atoms with Gasteiger partial charge in [-0.1, -0.05) is 47.5 Å². The summed E-state index contributed by atoms with van der Waals surface area (Å²) in [6.45, 7) is 2.23. The van der Waals surface area contributed by atoms with Crippen LogP contribution in [-0.2, 0) is 6.42 Å². The molecule has 0 saturated carbocycles. The van der Waals surface area contributed by atoms with Gasteiger partial charge in [0.1, 0.15) is 0 Å². The summed E-state index contributed by atoms with van der Waals surface area (Å²) in [5.74, 6) is 0. The van der Waals surface area contributed by atoms with Gasteiger partial charge >= 0.3 is 0 Å². The Morgan fingerprint density at radius 2 is 2.27 bits per heavy atom. The Hall–Kier alpha value is 0.0500. The SMILES string of the molecule is CC(Br)CCCC1Cc2ccccc2S1. The molecule has 1 heterocycles. The van der Waals surface area contributed by atoms with Crippen molar-refractivity contribution in [2.75, 3.05) is 0 Å². The number of hydrogen-bond acceptors (Lipinski definition) is 1. The smallest absolute Gasteiger partial charge is 0.0135 e. The van der Waals surface area contributed by atoms with Crippen LogP contribution in [-0.4, -0.2) is 10.1 Å². The molecule has 0 fully saturated rings. The third-order valence-corrected chi connectivity index (χ3v) is 4.69. The number of alkyl halides is 1. The number of halogens is 1. The molecule has 2 rings (SSSR count). The third kappa shape index (κ3) is 3.25. The summed E-state index contributed by atoms with van der Waals surface area (Å²) in [5, 5.41) is 0.827. The minimum Gasteiger partial charge on any atom is -0.122 e. The van der Waals surface area contributed by atoms with E-state index in [4.69, 9.17) is 0 Å². The molecule has 2 unspecified atom stereocenters. The van der Waals surface area contributed by atoms with E-state index in [0.717, 1.165) is 5.25 Å². The Labute approximate surface area is 105 Å². The second-order valence-corrected chi connectivity index (χ2v) is 7.17. The lowest BCUT2D eigenvalue weighted by Gasteiger charge is -2.08. The highest BCUT2D eigenvalue weighted by molar-refractivity contribution is 9.09. The van der Waals surface area contributed by atoms with Crippen LogP contribution in [0.1, 0.15) is 31.7 Å². The Kier molecular flexibility index (Phi) is 4.15. The molecule has 1 aromatic carbocycles. The number of thioether (sulfide) groups is 1. The van der Waals surface area contributed by atoms with E-state index in [0.29, 0.717) is 4.83 Å². The van der Waals surface area contributed by atoms with E-state index in [1.54, 1.807) is 5.56 Å². The largest absolute Gasteiger partial charge is 0.122 e. The summed E-state index contributed by atoms with van der Waals surface area (Å²) in [4.78, 5) is 2.18. The second kappa shape index (κ2) is 5.40. The van der Waals surface area contributed by atoms with Crippen molar-refractivity contribution in [3.8, 4) is 0 Å². The fourth-order valence-corrected chi connectivity index (χ4v) is 3.73. The summed E-state index contributed by atoms with van der Waals surface area (Å²) >= 11 is 5.68. The van der Waals surface area contributed by atoms with Gasteiger partial charge in [-0.05, 0) is 30.9 Å². The first-order chi connectivity index (χ1) is 7.25. The predicted octanol–water partition coefficient (Wildman–Crippen LogP) is 4.66. The highest BCUT2D eigenvalue weighted by Gasteiger charge is 2.20. The molecule has 0 saturated heterocycles. The van der Waals surface area contributed by atoms with E-state index in [2.05, 4.69) is 58.9 Å². The maximum absolute atomic E-state index is 3.61. The Morgan fingerprint density at radius 1 is 1.47 bits per heavy atom. The molecule has 0 aliphatic carbocycles. The van der Waals surface area contributed by atoms with Crippen molar-refractivity contribution in [3.63, 3.8) is 0 Å². The van der Waals surface area contributed by atoms with E-state index >= 15 is 0 Å². The van der Waals surface area contributed by atoms with Crippen molar-refractivity contribution < 1.29 is 0 Å². The molecule has 1 aliphatic heterocycles. The summed E-state index contributed by atoms with van der Waals surface area (Å²) < 4.78 is 0. The molecule has 0 N–H and O–H groups in total. The first kappa shape index (κ1) is 11.5. The normalized spacial score (nSPS) is 21.3. The van der Waals surface area contributed by atoms with Gasteiger partial charge in [0.2, 0.25) is 0 Å². The summed E-state index contributed by atoms with van der Waals surface area (Å²) in [7, 11) is 0. The molecule has 1 aromatic rings. The fraction of sp³-hybridized carbons (Fsp3) is 0.538. The van der Waals surface area contributed by atoms with Crippen LogP contribution < -0.4 is 0 Å². The minimum absolute atomic E-state index is 0.672. The van der Waals surface area contributed by atoms with Crippen molar-refractivity contribution in [1.29, 1.82) is 0 Å². The van der Waals surface area contributed by atoms with Gasteiger partial charge in [-0.25, -0.2) is 0 Å². The molecule has 0 bridgehead atoms. The van der Waals surface area contributed by atoms with E-state index in [1.165, 1.54) is 30.6 Å². The van der Waals surface area contributed by atoms with Gasteiger partial charge in [0.15, 0.2) is 0 Å². The zero-order valence-electron chi connectivity index (χ0n) is 9.08. The first-order valence-electron chi connectivity index (χ1n) is 5.64. The van der Waals surface area contributed by atoms with Crippen LogP contribution >= 0.6 is 27.7 Å². The quantitative estimate of drug-likeness (QED) is 0.725. The third-order valence-electron chi connectivity index (χ3n) is 2.84. The molecular formula is C13H17BrS. The Morgan fingerprint density at radius 3 is 3.00 bits per heavy atom. The highest BCUT2D eigenvalue weighted by atomic mass is 79.9. The standard InChI is InChI=1S/C13H17BrS/c1-10(14)5-4-7-12-9-11-6-2-3-8-13(11)15-12/h2-3,6,8,10,12H,4-5,7,9H2,1H3. The summed E-state index contributed by atoms with van der Waals surface area (Å²) in [6, 6.07) is 8.83. The van der Waals surface area contributed by atoms with Gasteiger partial charge in [0, 0.05) is 15.0 Å². The fourth-order valence-electron chi connectivity index (χ4n) is 2.04. The van der Waals surface area contributed by atoms with E-state index in [1.807, 2.05) is 0 Å². The van der Waals surface area contributed by atoms with Crippen LogP contribution in [0.15, 0.2) is 29.2 Å². The zero-order valence-corrected chi connectivity index (χ0v) is 11.5. The van der Waals surface area contributed by atoms with Gasteiger partial charge in [0.05, 0.1) is 0 Å². The molecule has 2 heteroatoms. The first-order valence-corrected chi connectivity index (χ1v) is 7.44. The maximum Gasteiger partial charge on any atom is 0.0135 e. The number of fused-ring (bicyclic) bond motifs is 1. The predicted molar refractivity (Wildman–Crippen MR) is 72.0 cm³/mol. The van der Waals surface area contributed by atoms with Crippen LogP contribution in [0.5, 0.6) is 0 Å². The zero-order chi connectivity index (χ0) is 10.7. The molecule has 0 nitrogen and oxygen atoms in total. The Bertz CT molecular complexity index is 297. The van der Waals surface area contributed by atoms with Crippen molar-refractivity contribution in [2.24, 2.45) is 0 Å². The lowest BCUT2D eigenvalue weighted by molar-refractivity contribution is 0.658. The van der Waals surface area contributed by atoms with Gasteiger partial charge < -0.3 is 0 Å². The van der Waals surface area contributed by atoms with Gasteiger partial charge in [-0.15, -0.1) is 11.8 Å². The monoisotopic (exact) mass is 284 g/mol. The van der Waals surface area contributed by atoms with Crippen molar-refractivity contribution in [3.05, 3.63) is 29.8 Å². The van der Waals surface area contributed by atoms with Crippen molar-refractivity contribution in [1.82, 2.24) is 0 Å². The van der Waals surface area contributed by atoms with Crippen LogP contribution in [0.25, 0.3) is 0 Å². The van der Waals surface area contributed by atoms with Crippen LogP contribution in [0.3, 0.4) is 0 Å². The molecule has 2 atom stereocenters. The van der Waals surface area contributed by atoms with E-state index < -0.39 is 0 Å². The average Bonchev–Trinajstić information content (AvgIpc) is 2.59. The second-order valence-electron chi connectivity index (χ2n) is 4.26. The van der Waals surface area contributed by atoms with Crippen LogP contribution in [0.2, 0.25) is 0 Å². The molecule has 15 heavy (non-hydrogen) atoms. The summed E-state index contributed by atoms with van der Waals surface area (Å²) in [6.07, 6.45) is 5.28. The Balaban J connectivity index is 1.80. The number of rotatable bonds is 4. The molecular weight excluding hydrogens is 268 g/mol. The van der Waals surface area contributed by atoms with E-state index in [9.17, 15) is 0 Å². The topological polar surface area (TPSA) is 0 Å². The molecule has 0 aromatic heterocycles. The molecule has 0 amide bonds. The van der Waals surface area contributed by atoms with Gasteiger partial charge in [0.25, 0.3) is 0 Å². The number of hydrogen-bond donors (Lipinski definition) is 0. The van der Waals surface area contributed by atoms with Gasteiger partial charge in [-0.2, -0.15) is 0 Å². The van der Waals surface area contributed by atoms with E-state index in [-0.39, 0.29) is 0 Å². The van der Waals surface area contributed by atoms with Gasteiger partial charge in [-0.3, -0.25) is 0 Å². The van der Waals surface area contributed by atoms with Crippen LogP contribution in [0.4, 0.5) is 0 Å². The number of benzene rings is 1. The van der Waals surface area contributed by atoms with Crippen molar-refractivity contribution >= 4 is 27.7 Å².